The first kappa shape index (κ1) is 29.7. The molecule has 194 valence electrons. The molecule has 0 bridgehead atoms. The van der Waals surface area contributed by atoms with Crippen LogP contribution < -0.4 is 30.1 Å². The van der Waals surface area contributed by atoms with Crippen LogP contribution >= 0.6 is 0 Å². The van der Waals surface area contributed by atoms with E-state index >= 15 is 0 Å². The Morgan fingerprint density at radius 1 is 0.722 bits per heavy atom. The molecule has 0 amide bonds. The Balaban J connectivity index is 0.00000228. The van der Waals surface area contributed by atoms with E-state index in [1.807, 2.05) is 0 Å². The molecule has 6 heteroatoms. The summed E-state index contributed by atoms with van der Waals surface area (Å²) in [5.74, 6) is 0.949. The third-order valence-corrected chi connectivity index (χ3v) is 6.69. The summed E-state index contributed by atoms with van der Waals surface area (Å²) in [6.07, 6.45) is 0. The number of piperazine rings is 1. The maximum atomic E-state index is 5.24. The zero-order valence-corrected chi connectivity index (χ0v) is 23.8. The summed E-state index contributed by atoms with van der Waals surface area (Å²) in [4.78, 5) is 10.2. The molecule has 3 aromatic carbocycles. The van der Waals surface area contributed by atoms with Gasteiger partial charge in [-0.1, -0.05) is 65.7 Å². The highest BCUT2D eigenvalue weighted by Crippen LogP contribution is 2.28. The summed E-state index contributed by atoms with van der Waals surface area (Å²) in [6, 6.07) is 19.7. The van der Waals surface area contributed by atoms with Gasteiger partial charge in [0.2, 0.25) is 5.96 Å². The lowest BCUT2D eigenvalue weighted by Gasteiger charge is -2.37. The second kappa shape index (κ2) is 13.1. The standard InChI is InChI=1S/C30H38N4.2ClH/c1-21-16-23(3)28(24(4)17-21)31-30(32-29-25(5)18-22(2)19-26(29)6)34-14-12-33(13-15-34)20-27-10-8-7-9-11-27;;/h7-11,16-19H,12-15,20H2,1-6H3,(H,31,32);2*1H/p-2. The van der Waals surface area contributed by atoms with E-state index in [1.165, 1.54) is 44.6 Å². The van der Waals surface area contributed by atoms with E-state index in [0.717, 1.165) is 44.4 Å². The molecular formula is C30H38Cl2N4-2. The zero-order chi connectivity index (χ0) is 24.2. The van der Waals surface area contributed by atoms with Gasteiger partial charge in [0.1, 0.15) is 0 Å². The molecular weight excluding hydrogens is 487 g/mol. The van der Waals surface area contributed by atoms with Crippen LogP contribution in [0.25, 0.3) is 0 Å². The van der Waals surface area contributed by atoms with Gasteiger partial charge in [0.05, 0.1) is 5.69 Å². The highest BCUT2D eigenvalue weighted by molar-refractivity contribution is 5.97. The van der Waals surface area contributed by atoms with E-state index in [-0.39, 0.29) is 24.8 Å². The first-order valence-corrected chi connectivity index (χ1v) is 12.3. The number of rotatable bonds is 4. The highest BCUT2D eigenvalue weighted by Gasteiger charge is 2.22. The average molecular weight is 526 g/mol. The van der Waals surface area contributed by atoms with Crippen molar-refractivity contribution in [2.24, 2.45) is 4.99 Å². The van der Waals surface area contributed by atoms with Crippen molar-refractivity contribution >= 4 is 17.3 Å². The van der Waals surface area contributed by atoms with E-state index in [2.05, 4.69) is 111 Å². The van der Waals surface area contributed by atoms with Crippen molar-refractivity contribution in [2.45, 2.75) is 48.1 Å². The summed E-state index contributed by atoms with van der Waals surface area (Å²) in [5.41, 5.74) is 11.1. The van der Waals surface area contributed by atoms with Gasteiger partial charge in [0.15, 0.2) is 0 Å². The Kier molecular flexibility index (Phi) is 10.8. The number of aryl methyl sites for hydroxylation is 6. The molecule has 0 aromatic heterocycles. The molecule has 1 N–H and O–H groups in total. The monoisotopic (exact) mass is 524 g/mol. The van der Waals surface area contributed by atoms with Gasteiger partial charge in [-0.3, -0.25) is 4.90 Å². The fourth-order valence-corrected chi connectivity index (χ4v) is 5.08. The smallest absolute Gasteiger partial charge is 0.203 e. The lowest BCUT2D eigenvalue weighted by atomic mass is 10.0. The van der Waals surface area contributed by atoms with E-state index in [1.54, 1.807) is 0 Å². The molecule has 0 aliphatic carbocycles. The van der Waals surface area contributed by atoms with Gasteiger partial charge < -0.3 is 35.0 Å². The van der Waals surface area contributed by atoms with Crippen LogP contribution in [0, 0.1) is 41.5 Å². The van der Waals surface area contributed by atoms with Crippen LogP contribution in [-0.4, -0.2) is 41.9 Å². The van der Waals surface area contributed by atoms with Crippen LogP contribution in [0.4, 0.5) is 11.4 Å². The first-order chi connectivity index (χ1) is 16.3. The molecule has 0 saturated carbocycles. The predicted octanol–water partition coefficient (Wildman–Crippen LogP) is 0.463. The minimum atomic E-state index is 0. The van der Waals surface area contributed by atoms with Gasteiger partial charge in [-0.25, -0.2) is 4.99 Å². The molecule has 1 aliphatic heterocycles. The number of aliphatic imine (C=N–C) groups is 1. The normalized spacial score (nSPS) is 14.2. The van der Waals surface area contributed by atoms with E-state index in [0.29, 0.717) is 0 Å². The van der Waals surface area contributed by atoms with Crippen LogP contribution in [-0.2, 0) is 6.54 Å². The predicted molar refractivity (Wildman–Crippen MR) is 145 cm³/mol. The molecule has 4 nitrogen and oxygen atoms in total. The van der Waals surface area contributed by atoms with E-state index in [4.69, 9.17) is 4.99 Å². The minimum absolute atomic E-state index is 0. The zero-order valence-electron chi connectivity index (χ0n) is 22.3. The molecule has 3 aromatic rings. The van der Waals surface area contributed by atoms with Crippen LogP contribution in [0.5, 0.6) is 0 Å². The van der Waals surface area contributed by atoms with Crippen LogP contribution in [0.1, 0.15) is 38.9 Å². The topological polar surface area (TPSA) is 30.9 Å². The molecule has 1 saturated heterocycles. The van der Waals surface area contributed by atoms with Gasteiger partial charge in [0, 0.05) is 38.4 Å². The van der Waals surface area contributed by atoms with Crippen molar-refractivity contribution in [2.75, 3.05) is 31.5 Å². The number of benzene rings is 3. The Hall–Kier alpha value is -2.53. The van der Waals surface area contributed by atoms with E-state index < -0.39 is 0 Å². The SMILES string of the molecule is Cc1cc(C)c(N=C(Nc2c(C)cc(C)cc2C)N2CCN(Cc3ccccc3)CC2)c(C)c1.[Cl-].[Cl-]. The van der Waals surface area contributed by atoms with Crippen molar-refractivity contribution in [3.63, 3.8) is 0 Å². The second-order valence-electron chi connectivity index (χ2n) is 9.83. The van der Waals surface area contributed by atoms with E-state index in [9.17, 15) is 0 Å². The van der Waals surface area contributed by atoms with Crippen molar-refractivity contribution in [1.82, 2.24) is 9.80 Å². The number of anilines is 1. The average Bonchev–Trinajstić information content (AvgIpc) is 2.78. The minimum Gasteiger partial charge on any atom is -1.00 e. The highest BCUT2D eigenvalue weighted by atomic mass is 35.5. The molecule has 4 rings (SSSR count). The summed E-state index contributed by atoms with van der Waals surface area (Å²) in [7, 11) is 0. The third-order valence-electron chi connectivity index (χ3n) is 6.69. The molecule has 1 aliphatic rings. The molecule has 0 atom stereocenters. The Labute approximate surface area is 229 Å². The van der Waals surface area contributed by atoms with Crippen molar-refractivity contribution < 1.29 is 24.8 Å². The van der Waals surface area contributed by atoms with Gasteiger partial charge >= 0.3 is 0 Å². The summed E-state index contributed by atoms with van der Waals surface area (Å²) in [6.45, 7) is 17.9. The molecule has 0 radical (unpaired) electrons. The number of nitrogens with zero attached hydrogens (tertiary/aromatic N) is 3. The Morgan fingerprint density at radius 3 is 1.75 bits per heavy atom. The number of hydrogen-bond acceptors (Lipinski definition) is 2. The summed E-state index contributed by atoms with van der Waals surface area (Å²) < 4.78 is 0. The summed E-state index contributed by atoms with van der Waals surface area (Å²) in [5, 5.41) is 3.75. The maximum absolute atomic E-state index is 5.24. The Bertz CT molecular complexity index is 1140. The fraction of sp³-hybridized carbons (Fsp3) is 0.367. The van der Waals surface area contributed by atoms with Gasteiger partial charge in [-0.15, -0.1) is 0 Å². The van der Waals surface area contributed by atoms with Crippen molar-refractivity contribution in [1.29, 1.82) is 0 Å². The quantitative estimate of drug-likeness (QED) is 0.397. The lowest BCUT2D eigenvalue weighted by molar-refractivity contribution is -0.001000. The number of hydrogen-bond donors (Lipinski definition) is 1. The maximum Gasteiger partial charge on any atom is 0.203 e. The molecule has 0 unspecified atom stereocenters. The molecule has 1 heterocycles. The second-order valence-corrected chi connectivity index (χ2v) is 9.83. The van der Waals surface area contributed by atoms with Gasteiger partial charge in [-0.05, 0) is 69.4 Å². The molecule has 36 heavy (non-hydrogen) atoms. The first-order valence-electron chi connectivity index (χ1n) is 12.3. The largest absolute Gasteiger partial charge is 1.00 e. The fourth-order valence-electron chi connectivity index (χ4n) is 5.08. The molecule has 0 spiro atoms. The molecule has 1 fully saturated rings. The van der Waals surface area contributed by atoms with Crippen molar-refractivity contribution in [3.8, 4) is 0 Å². The van der Waals surface area contributed by atoms with Crippen LogP contribution in [0.15, 0.2) is 59.6 Å². The number of nitrogens with one attached hydrogen (secondary N) is 1. The third kappa shape index (κ3) is 7.25. The lowest BCUT2D eigenvalue weighted by Crippen LogP contribution is -3.00. The number of guanidine groups is 1. The Morgan fingerprint density at radius 2 is 1.22 bits per heavy atom. The van der Waals surface area contributed by atoms with Gasteiger partial charge in [0.25, 0.3) is 0 Å². The van der Waals surface area contributed by atoms with Crippen LogP contribution in [0.2, 0.25) is 0 Å². The van der Waals surface area contributed by atoms with Gasteiger partial charge in [-0.2, -0.15) is 0 Å². The summed E-state index contributed by atoms with van der Waals surface area (Å²) >= 11 is 0. The van der Waals surface area contributed by atoms with Crippen molar-refractivity contribution in [3.05, 3.63) is 93.5 Å². The van der Waals surface area contributed by atoms with Crippen LogP contribution in [0.3, 0.4) is 0 Å². The number of halogens is 2.